The van der Waals surface area contributed by atoms with E-state index in [0.717, 1.165) is 17.5 Å². The Balaban J connectivity index is 2.33. The van der Waals surface area contributed by atoms with E-state index in [9.17, 15) is 8.42 Å². The van der Waals surface area contributed by atoms with E-state index >= 15 is 0 Å². The smallest absolute Gasteiger partial charge is 0.243 e. The van der Waals surface area contributed by atoms with Crippen molar-refractivity contribution in [2.24, 2.45) is 11.8 Å². The molecule has 1 aliphatic rings. The topological polar surface area (TPSA) is 49.4 Å². The van der Waals surface area contributed by atoms with Crippen molar-refractivity contribution in [2.45, 2.75) is 38.6 Å². The van der Waals surface area contributed by atoms with Crippen LogP contribution < -0.4 is 5.32 Å². The lowest BCUT2D eigenvalue weighted by molar-refractivity contribution is 0.212. The largest absolute Gasteiger partial charge is 0.316 e. The number of nitrogens with one attached hydrogen (secondary N) is 1. The van der Waals surface area contributed by atoms with Crippen molar-refractivity contribution in [1.82, 2.24) is 9.62 Å². The summed E-state index contributed by atoms with van der Waals surface area (Å²) in [4.78, 5) is 0.456. The number of piperidine rings is 1. The monoisotopic (exact) mass is 310 g/mol. The van der Waals surface area contributed by atoms with Crippen molar-refractivity contribution < 1.29 is 8.42 Å². The van der Waals surface area contributed by atoms with E-state index in [1.807, 2.05) is 32.2 Å². The fourth-order valence-corrected chi connectivity index (χ4v) is 4.65. The van der Waals surface area contributed by atoms with Gasteiger partial charge in [0.15, 0.2) is 0 Å². The molecule has 0 aliphatic carbocycles. The lowest BCUT2D eigenvalue weighted by Crippen LogP contribution is -2.42. The van der Waals surface area contributed by atoms with Gasteiger partial charge in [0.25, 0.3) is 0 Å². The summed E-state index contributed by atoms with van der Waals surface area (Å²) < 4.78 is 27.5. The van der Waals surface area contributed by atoms with Crippen LogP contribution in [-0.4, -0.2) is 32.9 Å². The van der Waals surface area contributed by atoms with Crippen molar-refractivity contribution in [2.75, 3.05) is 20.1 Å². The zero-order chi connectivity index (χ0) is 15.6. The summed E-state index contributed by atoms with van der Waals surface area (Å²) in [7, 11) is -1.52. The average Bonchev–Trinajstić information content (AvgIpc) is 2.44. The average molecular weight is 310 g/mol. The lowest BCUT2D eigenvalue weighted by Gasteiger charge is -2.34. The molecule has 1 saturated heterocycles. The van der Waals surface area contributed by atoms with Crippen molar-refractivity contribution >= 4 is 10.0 Å². The third kappa shape index (κ3) is 3.47. The maximum atomic E-state index is 12.9. The van der Waals surface area contributed by atoms with Gasteiger partial charge in [-0.1, -0.05) is 26.0 Å². The molecule has 0 amide bonds. The molecule has 118 valence electrons. The molecule has 1 N–H and O–H groups in total. The van der Waals surface area contributed by atoms with Crippen molar-refractivity contribution in [3.8, 4) is 0 Å². The van der Waals surface area contributed by atoms with E-state index in [4.69, 9.17) is 0 Å². The van der Waals surface area contributed by atoms with Crippen molar-refractivity contribution in [3.63, 3.8) is 0 Å². The van der Waals surface area contributed by atoms with E-state index in [1.54, 1.807) is 4.31 Å². The standard InChI is InChI=1S/C16H26N2O2S/c1-12-7-8-18(11-14(12)3)21(19,20)16-9-15(10-17-4)6-5-13(16)2/h5-6,9,12,14,17H,7-8,10-11H2,1-4H3. The SMILES string of the molecule is CNCc1ccc(C)c(S(=O)(=O)N2CCC(C)C(C)C2)c1. The highest BCUT2D eigenvalue weighted by Gasteiger charge is 2.32. The fraction of sp³-hybridized carbons (Fsp3) is 0.625. The molecule has 21 heavy (non-hydrogen) atoms. The summed E-state index contributed by atoms with van der Waals surface area (Å²) in [6, 6.07) is 5.69. The summed E-state index contributed by atoms with van der Waals surface area (Å²) in [5.74, 6) is 1.00. The summed E-state index contributed by atoms with van der Waals surface area (Å²) in [6.45, 7) is 8.13. The molecule has 1 fully saturated rings. The number of nitrogens with zero attached hydrogens (tertiary/aromatic N) is 1. The van der Waals surface area contributed by atoms with Gasteiger partial charge in [-0.2, -0.15) is 4.31 Å². The molecular formula is C16H26N2O2S. The van der Waals surface area contributed by atoms with Gasteiger partial charge in [0, 0.05) is 19.6 Å². The van der Waals surface area contributed by atoms with Gasteiger partial charge in [-0.25, -0.2) is 8.42 Å². The Morgan fingerprint density at radius 3 is 2.62 bits per heavy atom. The molecule has 0 spiro atoms. The highest BCUT2D eigenvalue weighted by Crippen LogP contribution is 2.29. The quantitative estimate of drug-likeness (QED) is 0.929. The molecule has 0 radical (unpaired) electrons. The number of sulfonamides is 1. The Morgan fingerprint density at radius 2 is 2.00 bits per heavy atom. The number of aryl methyl sites for hydroxylation is 1. The van der Waals surface area contributed by atoms with Crippen LogP contribution in [0, 0.1) is 18.8 Å². The van der Waals surface area contributed by atoms with Gasteiger partial charge in [-0.05, 0) is 49.4 Å². The van der Waals surface area contributed by atoms with Crippen LogP contribution >= 0.6 is 0 Å². The summed E-state index contributed by atoms with van der Waals surface area (Å²) in [5.41, 5.74) is 1.82. The number of rotatable bonds is 4. The van der Waals surface area contributed by atoms with Crippen LogP contribution in [0.2, 0.25) is 0 Å². The highest BCUT2D eigenvalue weighted by molar-refractivity contribution is 7.89. The van der Waals surface area contributed by atoms with Gasteiger partial charge in [0.2, 0.25) is 10.0 Å². The molecule has 0 bridgehead atoms. The summed E-state index contributed by atoms with van der Waals surface area (Å²) in [5, 5.41) is 3.07. The highest BCUT2D eigenvalue weighted by atomic mass is 32.2. The summed E-state index contributed by atoms with van der Waals surface area (Å²) >= 11 is 0. The van der Waals surface area contributed by atoms with Crippen LogP contribution in [0.25, 0.3) is 0 Å². The molecule has 1 aliphatic heterocycles. The predicted molar refractivity (Wildman–Crippen MR) is 85.6 cm³/mol. The third-order valence-corrected chi connectivity index (χ3v) is 6.56. The molecule has 1 aromatic carbocycles. The normalized spacial score (nSPS) is 24.2. The Bertz CT molecular complexity index is 598. The number of benzene rings is 1. The molecular weight excluding hydrogens is 284 g/mol. The minimum atomic E-state index is -3.38. The Morgan fingerprint density at radius 1 is 1.29 bits per heavy atom. The molecule has 1 aromatic rings. The van der Waals surface area contributed by atoms with Crippen LogP contribution in [-0.2, 0) is 16.6 Å². The lowest BCUT2D eigenvalue weighted by atomic mass is 9.90. The van der Waals surface area contributed by atoms with Crippen LogP contribution in [0.5, 0.6) is 0 Å². The van der Waals surface area contributed by atoms with Crippen LogP contribution in [0.3, 0.4) is 0 Å². The first-order valence-electron chi connectivity index (χ1n) is 7.60. The summed E-state index contributed by atoms with van der Waals surface area (Å²) in [6.07, 6.45) is 0.940. The second-order valence-corrected chi connectivity index (χ2v) is 8.14. The van der Waals surface area contributed by atoms with Gasteiger partial charge in [-0.3, -0.25) is 0 Å². The molecule has 2 unspecified atom stereocenters. The molecule has 0 saturated carbocycles. The van der Waals surface area contributed by atoms with Crippen LogP contribution in [0.1, 0.15) is 31.4 Å². The third-order valence-electron chi connectivity index (χ3n) is 4.55. The van der Waals surface area contributed by atoms with Gasteiger partial charge < -0.3 is 5.32 Å². The number of hydrogen-bond acceptors (Lipinski definition) is 3. The molecule has 5 heteroatoms. The maximum Gasteiger partial charge on any atom is 0.243 e. The fourth-order valence-electron chi connectivity index (χ4n) is 2.82. The first kappa shape index (κ1) is 16.5. The van der Waals surface area contributed by atoms with E-state index in [0.29, 0.717) is 36.4 Å². The zero-order valence-electron chi connectivity index (χ0n) is 13.4. The van der Waals surface area contributed by atoms with Gasteiger partial charge >= 0.3 is 0 Å². The minimum Gasteiger partial charge on any atom is -0.316 e. The second-order valence-electron chi connectivity index (χ2n) is 6.24. The van der Waals surface area contributed by atoms with Crippen molar-refractivity contribution in [3.05, 3.63) is 29.3 Å². The van der Waals surface area contributed by atoms with E-state index in [-0.39, 0.29) is 0 Å². The molecule has 2 rings (SSSR count). The Labute approximate surface area is 128 Å². The maximum absolute atomic E-state index is 12.9. The zero-order valence-corrected chi connectivity index (χ0v) is 14.2. The van der Waals surface area contributed by atoms with E-state index in [2.05, 4.69) is 19.2 Å². The molecule has 4 nitrogen and oxygen atoms in total. The van der Waals surface area contributed by atoms with E-state index in [1.165, 1.54) is 0 Å². The van der Waals surface area contributed by atoms with Crippen LogP contribution in [0.4, 0.5) is 0 Å². The van der Waals surface area contributed by atoms with Gasteiger partial charge in [0.1, 0.15) is 0 Å². The van der Waals surface area contributed by atoms with Gasteiger partial charge in [0.05, 0.1) is 4.90 Å². The second kappa shape index (κ2) is 6.46. The predicted octanol–water partition coefficient (Wildman–Crippen LogP) is 2.38. The van der Waals surface area contributed by atoms with E-state index < -0.39 is 10.0 Å². The minimum absolute atomic E-state index is 0.411. The first-order chi connectivity index (χ1) is 9.86. The Hall–Kier alpha value is -0.910. The molecule has 2 atom stereocenters. The number of hydrogen-bond donors (Lipinski definition) is 1. The molecule has 0 aromatic heterocycles. The van der Waals surface area contributed by atoms with Crippen molar-refractivity contribution in [1.29, 1.82) is 0 Å². The first-order valence-corrected chi connectivity index (χ1v) is 9.04. The molecule has 1 heterocycles. The van der Waals surface area contributed by atoms with Gasteiger partial charge in [-0.15, -0.1) is 0 Å². The Kier molecular flexibility index (Phi) is 5.07. The van der Waals surface area contributed by atoms with Crippen LogP contribution in [0.15, 0.2) is 23.1 Å².